The lowest BCUT2D eigenvalue weighted by Gasteiger charge is -2.72. The summed E-state index contributed by atoms with van der Waals surface area (Å²) in [6, 6.07) is 3.87. The number of carboxylic acids is 1. The second-order valence-electron chi connectivity index (χ2n) is 21.1. The zero-order chi connectivity index (χ0) is 39.4. The SMILES string of the molecule is CC(C)[C@@H](C)[C@@]1(C)CC[C@]2(C)[C@H]3CC[C@H]4[C@]5(C)CO[C@@H](C)[C@@]4(C[C@@H](n4ncnc4-c4ccncc4)[C@@H]5OC[C@](C)(N)C(C)(C)C)C3=CC[C@@]2(C)[C@@H]1C(=O)O. The molecule has 0 unspecified atom stereocenters. The highest BCUT2D eigenvalue weighted by atomic mass is 16.5. The van der Waals surface area contributed by atoms with E-state index in [1.165, 1.54) is 5.57 Å². The fourth-order valence-corrected chi connectivity index (χ4v) is 13.1. The van der Waals surface area contributed by atoms with Crippen LogP contribution in [0.2, 0.25) is 0 Å². The molecule has 13 atom stereocenters. The number of carboxylic acid groups (broad SMARTS) is 1. The molecule has 3 heterocycles. The summed E-state index contributed by atoms with van der Waals surface area (Å²) >= 11 is 0. The summed E-state index contributed by atoms with van der Waals surface area (Å²) in [7, 11) is 0. The van der Waals surface area contributed by atoms with Crippen molar-refractivity contribution in [2.75, 3.05) is 13.2 Å². The molecule has 3 saturated carbocycles. The Balaban J connectivity index is 1.38. The summed E-state index contributed by atoms with van der Waals surface area (Å²) < 4.78 is 16.4. The van der Waals surface area contributed by atoms with Crippen LogP contribution in [0.1, 0.15) is 128 Å². The summed E-state index contributed by atoms with van der Waals surface area (Å²) in [6.07, 6.45) is 13.2. The first-order valence-electron chi connectivity index (χ1n) is 20.9. The number of rotatable bonds is 8. The fourth-order valence-electron chi connectivity index (χ4n) is 13.1. The van der Waals surface area contributed by atoms with Gasteiger partial charge in [-0.25, -0.2) is 9.67 Å². The normalized spacial score (nSPS) is 42.2. The van der Waals surface area contributed by atoms with E-state index >= 15 is 0 Å². The van der Waals surface area contributed by atoms with E-state index in [-0.39, 0.29) is 56.7 Å². The first kappa shape index (κ1) is 39.6. The largest absolute Gasteiger partial charge is 0.481 e. The molecule has 0 amide bonds. The summed E-state index contributed by atoms with van der Waals surface area (Å²) in [6.45, 7) is 28.3. The van der Waals surface area contributed by atoms with Gasteiger partial charge in [-0.1, -0.05) is 80.9 Å². The van der Waals surface area contributed by atoms with Crippen molar-refractivity contribution in [3.8, 4) is 11.4 Å². The highest BCUT2D eigenvalue weighted by Crippen LogP contribution is 2.76. The molecule has 2 aromatic heterocycles. The minimum atomic E-state index is -0.626. The summed E-state index contributed by atoms with van der Waals surface area (Å²) in [5.41, 5.74) is 7.35. The molecule has 9 nitrogen and oxygen atoms in total. The lowest BCUT2D eigenvalue weighted by Crippen LogP contribution is -2.71. The third kappa shape index (κ3) is 5.39. The van der Waals surface area contributed by atoms with Gasteiger partial charge in [0.25, 0.3) is 0 Å². The van der Waals surface area contributed by atoms with Gasteiger partial charge in [-0.2, -0.15) is 5.10 Å². The van der Waals surface area contributed by atoms with Gasteiger partial charge < -0.3 is 20.3 Å². The van der Waals surface area contributed by atoms with E-state index in [1.54, 1.807) is 6.33 Å². The van der Waals surface area contributed by atoms with Gasteiger partial charge >= 0.3 is 5.97 Å². The van der Waals surface area contributed by atoms with Gasteiger partial charge in [-0.3, -0.25) is 9.78 Å². The number of aliphatic carboxylic acids is 1. The van der Waals surface area contributed by atoms with E-state index < -0.39 is 17.4 Å². The van der Waals surface area contributed by atoms with Crippen LogP contribution in [0.5, 0.6) is 0 Å². The van der Waals surface area contributed by atoms with Crippen LogP contribution in [-0.2, 0) is 14.3 Å². The Morgan fingerprint density at radius 3 is 2.39 bits per heavy atom. The molecule has 0 radical (unpaired) electrons. The van der Waals surface area contributed by atoms with Gasteiger partial charge in [0.1, 0.15) is 6.33 Å². The van der Waals surface area contributed by atoms with Crippen LogP contribution in [0.25, 0.3) is 11.4 Å². The Morgan fingerprint density at radius 1 is 1.07 bits per heavy atom. The lowest BCUT2D eigenvalue weighted by molar-refractivity contribution is -0.274. The van der Waals surface area contributed by atoms with E-state index in [2.05, 4.69) is 98.8 Å². The van der Waals surface area contributed by atoms with Crippen molar-refractivity contribution in [2.24, 2.45) is 67.8 Å². The van der Waals surface area contributed by atoms with Crippen molar-refractivity contribution in [3.63, 3.8) is 0 Å². The maximum Gasteiger partial charge on any atom is 0.307 e. The number of hydrogen-bond donors (Lipinski definition) is 2. The molecule has 298 valence electrons. The monoisotopic (exact) mass is 744 g/mol. The third-order valence-electron chi connectivity index (χ3n) is 17.7. The number of aromatic nitrogens is 4. The molecular formula is C45H69N5O4. The Labute approximate surface area is 324 Å². The van der Waals surface area contributed by atoms with Crippen LogP contribution in [0.3, 0.4) is 0 Å². The molecule has 3 N–H and O–H groups in total. The van der Waals surface area contributed by atoms with E-state index in [4.69, 9.17) is 25.3 Å². The standard InChI is InChI=1S/C45H69N5O4/c1-27(2)28(3)40(8)19-20-42(10)31-13-14-34-41(9)24-53-29(4)45(34,32(31)15-18-43(42,11)35(40)38(51)52)23-33(36(41)54-25-44(12,46)39(5,6)7)50-37(48-26-49-50)30-16-21-47-22-17-30/h15-17,21-22,26-29,31,33-36H,13-14,18-20,23-25,46H2,1-12H3,(H,51,52)/t28-,29+,31+,33-,34+,35-,36+,40-,41+,42-,43+,44+,45+/m1/s1. The molecule has 0 aromatic carbocycles. The Hall–Kier alpha value is -2.62. The van der Waals surface area contributed by atoms with Crippen LogP contribution >= 0.6 is 0 Å². The average molecular weight is 744 g/mol. The van der Waals surface area contributed by atoms with Crippen molar-refractivity contribution in [1.82, 2.24) is 19.7 Å². The quantitative estimate of drug-likeness (QED) is 0.257. The predicted octanol–water partition coefficient (Wildman–Crippen LogP) is 9.01. The number of nitrogens with zero attached hydrogens (tertiary/aromatic N) is 4. The highest BCUT2D eigenvalue weighted by molar-refractivity contribution is 5.73. The molecule has 1 aliphatic heterocycles. The zero-order valence-corrected chi connectivity index (χ0v) is 35.3. The van der Waals surface area contributed by atoms with E-state index in [0.29, 0.717) is 31.0 Å². The molecular weight excluding hydrogens is 675 g/mol. The Bertz CT molecular complexity index is 1770. The van der Waals surface area contributed by atoms with Gasteiger partial charge in [-0.15, -0.1) is 0 Å². The molecule has 7 rings (SSSR count). The van der Waals surface area contributed by atoms with E-state index in [0.717, 1.165) is 49.9 Å². The molecule has 1 saturated heterocycles. The van der Waals surface area contributed by atoms with Crippen molar-refractivity contribution in [2.45, 2.75) is 145 Å². The number of nitrogens with two attached hydrogens (primary N) is 1. The number of pyridine rings is 1. The fraction of sp³-hybridized carbons (Fsp3) is 0.778. The second kappa shape index (κ2) is 13.0. The maximum atomic E-state index is 13.6. The predicted molar refractivity (Wildman–Crippen MR) is 212 cm³/mol. The van der Waals surface area contributed by atoms with E-state index in [9.17, 15) is 9.90 Å². The van der Waals surface area contributed by atoms with Crippen LogP contribution in [-0.4, -0.2) is 61.8 Å². The summed E-state index contributed by atoms with van der Waals surface area (Å²) in [5.74, 6) is 1.06. The maximum absolute atomic E-state index is 13.6. The number of hydrogen-bond acceptors (Lipinski definition) is 7. The molecule has 5 aliphatic rings. The molecule has 2 aromatic rings. The average Bonchev–Trinajstić information content (AvgIpc) is 3.59. The first-order chi connectivity index (χ1) is 25.1. The zero-order valence-electron chi connectivity index (χ0n) is 35.3. The smallest absolute Gasteiger partial charge is 0.307 e. The third-order valence-corrected chi connectivity index (χ3v) is 17.7. The summed E-state index contributed by atoms with van der Waals surface area (Å²) in [4.78, 5) is 22.8. The van der Waals surface area contributed by atoms with Crippen molar-refractivity contribution in [3.05, 3.63) is 42.5 Å². The molecule has 0 spiro atoms. The van der Waals surface area contributed by atoms with E-state index in [1.807, 2.05) is 24.5 Å². The van der Waals surface area contributed by atoms with Gasteiger partial charge in [0.05, 0.1) is 37.4 Å². The topological polar surface area (TPSA) is 125 Å². The summed E-state index contributed by atoms with van der Waals surface area (Å²) in [5, 5.41) is 16.2. The van der Waals surface area contributed by atoms with Crippen molar-refractivity contribution >= 4 is 5.97 Å². The van der Waals surface area contributed by atoms with Crippen LogP contribution in [0.15, 0.2) is 42.5 Å². The molecule has 4 aliphatic carbocycles. The Kier molecular flexibility index (Phi) is 9.50. The van der Waals surface area contributed by atoms with Crippen molar-refractivity contribution in [1.29, 1.82) is 0 Å². The minimum absolute atomic E-state index is 0.0200. The van der Waals surface area contributed by atoms with Gasteiger partial charge in [0.15, 0.2) is 5.82 Å². The Morgan fingerprint density at radius 2 is 1.76 bits per heavy atom. The minimum Gasteiger partial charge on any atom is -0.481 e. The van der Waals surface area contributed by atoms with Crippen LogP contribution in [0.4, 0.5) is 0 Å². The molecule has 4 fully saturated rings. The van der Waals surface area contributed by atoms with Crippen LogP contribution in [0, 0.1) is 62.1 Å². The van der Waals surface area contributed by atoms with Crippen LogP contribution < -0.4 is 5.73 Å². The van der Waals surface area contributed by atoms with Gasteiger partial charge in [-0.05, 0) is 110 Å². The molecule has 9 heteroatoms. The van der Waals surface area contributed by atoms with Gasteiger partial charge in [0.2, 0.25) is 0 Å². The molecule has 54 heavy (non-hydrogen) atoms. The highest BCUT2D eigenvalue weighted by Gasteiger charge is 2.73. The number of fused-ring (bicyclic) bond motifs is 3. The number of allylic oxidation sites excluding steroid dienone is 1. The number of carbonyl (C=O) groups is 1. The number of ether oxygens (including phenoxy) is 2. The van der Waals surface area contributed by atoms with Crippen molar-refractivity contribution < 1.29 is 19.4 Å². The van der Waals surface area contributed by atoms with Gasteiger partial charge in [0, 0.05) is 34.3 Å². The molecule has 2 bridgehead atoms. The second-order valence-corrected chi connectivity index (χ2v) is 21.1. The lowest BCUT2D eigenvalue weighted by atomic mass is 9.33. The first-order valence-corrected chi connectivity index (χ1v) is 20.9.